The fourth-order valence-electron chi connectivity index (χ4n) is 2.80. The molecule has 2 rings (SSSR count). The van der Waals surface area contributed by atoms with E-state index in [1.165, 1.54) is 11.3 Å². The van der Waals surface area contributed by atoms with Gasteiger partial charge in [-0.1, -0.05) is 37.3 Å². The molecule has 1 unspecified atom stereocenters. The highest BCUT2D eigenvalue weighted by atomic mass is 35.5. The lowest BCUT2D eigenvalue weighted by molar-refractivity contribution is 0.437. The highest BCUT2D eigenvalue weighted by Crippen LogP contribution is 2.33. The molecule has 2 nitrogen and oxygen atoms in total. The largest absolute Gasteiger partial charge is 0.270 e. The molecule has 2 aromatic rings. The van der Waals surface area contributed by atoms with Crippen LogP contribution in [0.25, 0.3) is 0 Å². The molecule has 1 atom stereocenters. The normalized spacial score (nSPS) is 14.2. The number of rotatable bonds is 6. The molecule has 0 saturated carbocycles. The van der Waals surface area contributed by atoms with Gasteiger partial charge in [-0.3, -0.25) is 4.68 Å². The molecule has 1 aromatic heterocycles. The fraction of sp³-hybridized carbons (Fsp3) is 0.471. The van der Waals surface area contributed by atoms with Crippen LogP contribution in [-0.4, -0.2) is 15.7 Å². The lowest BCUT2D eigenvalue weighted by atomic mass is 9.76. The van der Waals surface area contributed by atoms with Crippen LogP contribution in [0.2, 0.25) is 0 Å². The summed E-state index contributed by atoms with van der Waals surface area (Å²) in [6.07, 6.45) is 1.96. The molecule has 0 aliphatic heterocycles. The zero-order chi connectivity index (χ0) is 14.6. The minimum absolute atomic E-state index is 0.0117. The zero-order valence-corrected chi connectivity index (χ0v) is 13.3. The summed E-state index contributed by atoms with van der Waals surface area (Å²) in [4.78, 5) is 0. The standard InChI is InChI=1S/C17H23ClN2/c1-4-17(13-18,15-9-7-6-8-10-15)12-16-11-14(3)19-20(16)5-2/h6-11H,4-5,12-13H2,1-3H3. The average Bonchev–Trinajstić information content (AvgIpc) is 2.85. The molecule has 0 N–H and O–H groups in total. The third-order valence-corrected chi connectivity index (χ3v) is 4.63. The van der Waals surface area contributed by atoms with E-state index < -0.39 is 0 Å². The highest BCUT2D eigenvalue weighted by Gasteiger charge is 2.31. The van der Waals surface area contributed by atoms with Crippen LogP contribution in [0.1, 0.15) is 37.2 Å². The first kappa shape index (κ1) is 15.1. The predicted octanol–water partition coefficient (Wildman–Crippen LogP) is 4.34. The molecule has 3 heteroatoms. The van der Waals surface area contributed by atoms with Crippen LogP contribution >= 0.6 is 11.6 Å². The van der Waals surface area contributed by atoms with Gasteiger partial charge in [0.05, 0.1) is 5.69 Å². The number of benzene rings is 1. The van der Waals surface area contributed by atoms with E-state index >= 15 is 0 Å². The van der Waals surface area contributed by atoms with Gasteiger partial charge in [0.1, 0.15) is 0 Å². The maximum absolute atomic E-state index is 6.38. The van der Waals surface area contributed by atoms with Crippen molar-refractivity contribution in [2.75, 3.05) is 5.88 Å². The predicted molar refractivity (Wildman–Crippen MR) is 85.5 cm³/mol. The van der Waals surface area contributed by atoms with Crippen molar-refractivity contribution >= 4 is 11.6 Å². The van der Waals surface area contributed by atoms with E-state index in [9.17, 15) is 0 Å². The van der Waals surface area contributed by atoms with Crippen LogP contribution in [0, 0.1) is 6.92 Å². The Hall–Kier alpha value is -1.28. The Labute approximate surface area is 126 Å². The minimum atomic E-state index is -0.0117. The van der Waals surface area contributed by atoms with Crippen LogP contribution < -0.4 is 0 Å². The number of alkyl halides is 1. The molecule has 0 aliphatic carbocycles. The van der Waals surface area contributed by atoms with Crippen molar-refractivity contribution < 1.29 is 0 Å². The summed E-state index contributed by atoms with van der Waals surface area (Å²) < 4.78 is 2.09. The quantitative estimate of drug-likeness (QED) is 0.724. The van der Waals surface area contributed by atoms with Gasteiger partial charge in [0.25, 0.3) is 0 Å². The molecule has 0 amide bonds. The first-order valence-corrected chi connectivity index (χ1v) is 7.83. The van der Waals surface area contributed by atoms with Crippen molar-refractivity contribution in [2.24, 2.45) is 0 Å². The zero-order valence-electron chi connectivity index (χ0n) is 12.6. The molecule has 1 heterocycles. The third-order valence-electron chi connectivity index (χ3n) is 4.12. The van der Waals surface area contributed by atoms with Crippen molar-refractivity contribution in [2.45, 2.75) is 45.6 Å². The number of hydrogen-bond donors (Lipinski definition) is 0. The van der Waals surface area contributed by atoms with Gasteiger partial charge in [-0.15, -0.1) is 11.6 Å². The van der Waals surface area contributed by atoms with Gasteiger partial charge in [-0.25, -0.2) is 0 Å². The van der Waals surface area contributed by atoms with Crippen LogP contribution in [-0.2, 0) is 18.4 Å². The van der Waals surface area contributed by atoms with Crippen molar-refractivity contribution in [3.8, 4) is 0 Å². The van der Waals surface area contributed by atoms with E-state index in [0.29, 0.717) is 5.88 Å². The number of halogens is 1. The molecule has 0 bridgehead atoms. The summed E-state index contributed by atoms with van der Waals surface area (Å²) in [7, 11) is 0. The summed E-state index contributed by atoms with van der Waals surface area (Å²) in [6, 6.07) is 12.8. The van der Waals surface area contributed by atoms with Gasteiger partial charge in [-0.05, 0) is 31.9 Å². The number of nitrogens with zero attached hydrogens (tertiary/aromatic N) is 2. The molecular formula is C17H23ClN2. The molecular weight excluding hydrogens is 268 g/mol. The first-order chi connectivity index (χ1) is 9.65. The topological polar surface area (TPSA) is 17.8 Å². The Morgan fingerprint density at radius 2 is 1.90 bits per heavy atom. The van der Waals surface area contributed by atoms with Gasteiger partial charge in [0, 0.05) is 30.0 Å². The van der Waals surface area contributed by atoms with Crippen LogP contribution in [0.5, 0.6) is 0 Å². The van der Waals surface area contributed by atoms with Crippen molar-refractivity contribution in [3.63, 3.8) is 0 Å². The SMILES string of the molecule is CCn1nc(C)cc1CC(CC)(CCl)c1ccccc1. The monoisotopic (exact) mass is 290 g/mol. The van der Waals surface area contributed by atoms with Gasteiger partial charge in [-0.2, -0.15) is 5.10 Å². The maximum Gasteiger partial charge on any atom is 0.0596 e. The van der Waals surface area contributed by atoms with Crippen LogP contribution in [0.3, 0.4) is 0 Å². The Bertz CT molecular complexity index is 541. The molecule has 0 saturated heterocycles. The molecule has 1 aromatic carbocycles. The van der Waals surface area contributed by atoms with Crippen molar-refractivity contribution in [3.05, 3.63) is 53.3 Å². The molecule has 20 heavy (non-hydrogen) atoms. The Morgan fingerprint density at radius 1 is 1.20 bits per heavy atom. The molecule has 0 aliphatic rings. The second-order valence-electron chi connectivity index (χ2n) is 5.40. The summed E-state index contributed by atoms with van der Waals surface area (Å²) >= 11 is 6.38. The smallest absolute Gasteiger partial charge is 0.0596 e. The Kier molecular flexibility index (Phi) is 4.87. The van der Waals surface area contributed by atoms with E-state index in [4.69, 9.17) is 11.6 Å². The van der Waals surface area contributed by atoms with Gasteiger partial charge < -0.3 is 0 Å². The second kappa shape index (κ2) is 6.45. The second-order valence-corrected chi connectivity index (χ2v) is 5.67. The molecule has 108 valence electrons. The molecule has 0 fully saturated rings. The Morgan fingerprint density at radius 3 is 2.45 bits per heavy atom. The number of hydrogen-bond acceptors (Lipinski definition) is 1. The summed E-state index contributed by atoms with van der Waals surface area (Å²) in [5.74, 6) is 0.626. The van der Waals surface area contributed by atoms with E-state index in [-0.39, 0.29) is 5.41 Å². The van der Waals surface area contributed by atoms with Gasteiger partial charge in [0.2, 0.25) is 0 Å². The van der Waals surface area contributed by atoms with Crippen LogP contribution in [0.4, 0.5) is 0 Å². The third kappa shape index (κ3) is 2.90. The van der Waals surface area contributed by atoms with Crippen LogP contribution in [0.15, 0.2) is 36.4 Å². The first-order valence-electron chi connectivity index (χ1n) is 7.30. The van der Waals surface area contributed by atoms with E-state index in [0.717, 1.165) is 25.1 Å². The average molecular weight is 291 g/mol. The Balaban J connectivity index is 2.39. The van der Waals surface area contributed by atoms with E-state index in [1.807, 2.05) is 6.92 Å². The molecule has 0 radical (unpaired) electrons. The fourth-order valence-corrected chi connectivity index (χ4v) is 3.24. The number of aryl methyl sites for hydroxylation is 2. The van der Waals surface area contributed by atoms with E-state index in [2.05, 4.69) is 60.0 Å². The number of aromatic nitrogens is 2. The van der Waals surface area contributed by atoms with Crippen molar-refractivity contribution in [1.29, 1.82) is 0 Å². The van der Waals surface area contributed by atoms with E-state index in [1.54, 1.807) is 0 Å². The van der Waals surface area contributed by atoms with Gasteiger partial charge in [0.15, 0.2) is 0 Å². The lowest BCUT2D eigenvalue weighted by Crippen LogP contribution is -2.31. The minimum Gasteiger partial charge on any atom is -0.270 e. The molecule has 0 spiro atoms. The summed E-state index contributed by atoms with van der Waals surface area (Å²) in [5.41, 5.74) is 3.66. The highest BCUT2D eigenvalue weighted by molar-refractivity contribution is 6.18. The summed E-state index contributed by atoms with van der Waals surface area (Å²) in [6.45, 7) is 7.30. The van der Waals surface area contributed by atoms with Crippen molar-refractivity contribution in [1.82, 2.24) is 9.78 Å². The lowest BCUT2D eigenvalue weighted by Gasteiger charge is -2.31. The maximum atomic E-state index is 6.38. The van der Waals surface area contributed by atoms with Gasteiger partial charge >= 0.3 is 0 Å². The summed E-state index contributed by atoms with van der Waals surface area (Å²) in [5, 5.41) is 4.55.